The van der Waals surface area contributed by atoms with Crippen molar-refractivity contribution in [2.75, 3.05) is 13.2 Å². The van der Waals surface area contributed by atoms with Gasteiger partial charge in [-0.25, -0.2) is 4.79 Å². The number of ether oxygens (including phenoxy) is 2. The Morgan fingerprint density at radius 3 is 2.63 bits per heavy atom. The normalized spacial score (nSPS) is 18.1. The molecule has 0 aromatic heterocycles. The summed E-state index contributed by atoms with van der Waals surface area (Å²) < 4.78 is 10.3. The van der Waals surface area contributed by atoms with E-state index in [0.29, 0.717) is 36.8 Å². The lowest BCUT2D eigenvalue weighted by atomic mass is 9.76. The Morgan fingerprint density at radius 2 is 2.04 bits per heavy atom. The van der Waals surface area contributed by atoms with Crippen molar-refractivity contribution < 1.29 is 23.9 Å². The number of carbonyl (C=O) groups excluding carboxylic acids is 3. The number of benzene rings is 1. The van der Waals surface area contributed by atoms with E-state index in [1.807, 2.05) is 0 Å². The minimum Gasteiger partial charge on any atom is -0.480 e. The van der Waals surface area contributed by atoms with Gasteiger partial charge in [0, 0.05) is 17.4 Å². The van der Waals surface area contributed by atoms with E-state index in [1.165, 1.54) is 6.92 Å². The second-order valence-electron chi connectivity index (χ2n) is 6.61. The van der Waals surface area contributed by atoms with Crippen molar-refractivity contribution >= 4 is 40.7 Å². The predicted molar refractivity (Wildman–Crippen MR) is 104 cm³/mol. The molecule has 0 aliphatic heterocycles. The van der Waals surface area contributed by atoms with Gasteiger partial charge in [0.1, 0.15) is 16.6 Å². The zero-order valence-electron chi connectivity index (χ0n) is 15.4. The summed E-state index contributed by atoms with van der Waals surface area (Å²) in [6, 6.07) is 1.64. The van der Waals surface area contributed by atoms with E-state index in [4.69, 9.17) is 32.7 Å². The molecule has 0 bridgehead atoms. The smallest absolute Gasteiger partial charge is 0.344 e. The Bertz CT molecular complexity index is 787. The van der Waals surface area contributed by atoms with Crippen LogP contribution in [0.4, 0.5) is 0 Å². The summed E-state index contributed by atoms with van der Waals surface area (Å²) in [7, 11) is 0. The summed E-state index contributed by atoms with van der Waals surface area (Å²) in [6.07, 6.45) is 3.23. The Hall–Kier alpha value is -1.85. The largest absolute Gasteiger partial charge is 0.480 e. The number of Topliss-reactive ketones (excluding diaryl/α,β-unsaturated/α-hetero) is 2. The van der Waals surface area contributed by atoms with Crippen molar-refractivity contribution in [3.8, 4) is 5.75 Å². The molecule has 2 rings (SSSR count). The number of allylic oxidation sites excluding steroid dienone is 1. The molecule has 0 radical (unpaired) electrons. The van der Waals surface area contributed by atoms with Crippen LogP contribution in [0, 0.1) is 5.41 Å². The Morgan fingerprint density at radius 1 is 1.33 bits per heavy atom. The molecule has 1 aliphatic carbocycles. The van der Waals surface area contributed by atoms with Crippen LogP contribution in [-0.2, 0) is 20.7 Å². The van der Waals surface area contributed by atoms with Crippen molar-refractivity contribution in [3.63, 3.8) is 0 Å². The average Bonchev–Trinajstić information content (AvgIpc) is 2.88. The van der Waals surface area contributed by atoms with Crippen molar-refractivity contribution in [1.82, 2.24) is 0 Å². The van der Waals surface area contributed by atoms with Gasteiger partial charge in [0.2, 0.25) is 0 Å². The van der Waals surface area contributed by atoms with Crippen LogP contribution >= 0.6 is 23.2 Å². The Kier molecular flexibility index (Phi) is 7.06. The number of ketones is 2. The number of hydrogen-bond donors (Lipinski definition) is 0. The molecular formula is C20H22Cl2O5. The number of carbonyl (C=O) groups is 3. The summed E-state index contributed by atoms with van der Waals surface area (Å²) >= 11 is 12.6. The zero-order chi connectivity index (χ0) is 20.2. The quantitative estimate of drug-likeness (QED) is 0.437. The van der Waals surface area contributed by atoms with Crippen molar-refractivity contribution in [1.29, 1.82) is 0 Å². The lowest BCUT2D eigenvalue weighted by Gasteiger charge is -2.25. The standard InChI is InChI=1S/C20H22Cl2O5/c1-4-7-20(8-6-12(3)23)10-13-9-14(27-11-15(24)26-5-2)17(21)18(22)16(13)19(20)25/h4,9H,1,5-8,10-11H2,2-3H3. The first-order valence-corrected chi connectivity index (χ1v) is 9.45. The van der Waals surface area contributed by atoms with Crippen LogP contribution in [0.3, 0.4) is 0 Å². The molecule has 0 heterocycles. The number of rotatable bonds is 9. The van der Waals surface area contributed by atoms with Gasteiger partial charge in [0.25, 0.3) is 0 Å². The first-order valence-electron chi connectivity index (χ1n) is 8.70. The fraction of sp³-hybridized carbons (Fsp3) is 0.450. The van der Waals surface area contributed by atoms with Crippen molar-refractivity contribution in [2.24, 2.45) is 5.41 Å². The summed E-state index contributed by atoms with van der Waals surface area (Å²) in [5.74, 6) is -0.418. The molecule has 0 N–H and O–H groups in total. The highest BCUT2D eigenvalue weighted by atomic mass is 35.5. The highest BCUT2D eigenvalue weighted by Crippen LogP contribution is 2.49. The first-order chi connectivity index (χ1) is 12.8. The molecule has 0 amide bonds. The van der Waals surface area contributed by atoms with Gasteiger partial charge in [-0.2, -0.15) is 0 Å². The lowest BCUT2D eigenvalue weighted by Crippen LogP contribution is -2.28. The molecule has 1 unspecified atom stereocenters. The van der Waals surface area contributed by atoms with E-state index in [2.05, 4.69) is 6.58 Å². The molecule has 1 aromatic rings. The molecule has 146 valence electrons. The second kappa shape index (κ2) is 8.89. The number of halogens is 2. The van der Waals surface area contributed by atoms with E-state index >= 15 is 0 Å². The van der Waals surface area contributed by atoms with Gasteiger partial charge >= 0.3 is 5.97 Å². The van der Waals surface area contributed by atoms with Gasteiger partial charge in [0.15, 0.2) is 12.4 Å². The molecule has 1 aliphatic rings. The summed E-state index contributed by atoms with van der Waals surface area (Å²) in [5.41, 5.74) is 0.289. The Labute approximate surface area is 168 Å². The lowest BCUT2D eigenvalue weighted by molar-refractivity contribution is -0.145. The van der Waals surface area contributed by atoms with Gasteiger partial charge in [-0.05, 0) is 44.7 Å². The van der Waals surface area contributed by atoms with E-state index in [1.54, 1.807) is 19.1 Å². The van der Waals surface area contributed by atoms with Gasteiger partial charge in [0.05, 0.1) is 11.6 Å². The van der Waals surface area contributed by atoms with Gasteiger partial charge in [-0.3, -0.25) is 4.79 Å². The predicted octanol–water partition coefficient (Wildman–Crippen LogP) is 4.61. The van der Waals surface area contributed by atoms with Crippen molar-refractivity contribution in [2.45, 2.75) is 39.5 Å². The highest BCUT2D eigenvalue weighted by Gasteiger charge is 2.46. The molecule has 5 nitrogen and oxygen atoms in total. The number of fused-ring (bicyclic) bond motifs is 1. The molecule has 1 aromatic carbocycles. The molecular weight excluding hydrogens is 391 g/mol. The van der Waals surface area contributed by atoms with Gasteiger partial charge in [-0.1, -0.05) is 29.3 Å². The highest BCUT2D eigenvalue weighted by molar-refractivity contribution is 6.45. The second-order valence-corrected chi connectivity index (χ2v) is 7.37. The molecule has 0 saturated heterocycles. The minimum absolute atomic E-state index is 0.0183. The molecule has 1 atom stereocenters. The van der Waals surface area contributed by atoms with Crippen molar-refractivity contribution in [3.05, 3.63) is 39.9 Å². The first kappa shape index (κ1) is 21.5. The SMILES string of the molecule is C=CCC1(CCC(C)=O)Cc2cc(OCC(=O)OCC)c(Cl)c(Cl)c2C1=O. The molecule has 27 heavy (non-hydrogen) atoms. The van der Waals surface area contributed by atoms with Crippen LogP contribution in [0.2, 0.25) is 10.0 Å². The van der Waals surface area contributed by atoms with Crippen LogP contribution in [0.5, 0.6) is 5.75 Å². The summed E-state index contributed by atoms with van der Waals surface area (Å²) in [5, 5.41) is 0.181. The maximum absolute atomic E-state index is 13.1. The maximum Gasteiger partial charge on any atom is 0.344 e. The summed E-state index contributed by atoms with van der Waals surface area (Å²) in [6.45, 7) is 6.88. The third-order valence-corrected chi connectivity index (χ3v) is 5.48. The summed E-state index contributed by atoms with van der Waals surface area (Å²) in [4.78, 5) is 36.1. The van der Waals surface area contributed by atoms with Crippen LogP contribution in [0.1, 0.15) is 49.0 Å². The molecule has 7 heteroatoms. The van der Waals surface area contributed by atoms with Crippen LogP contribution in [0.15, 0.2) is 18.7 Å². The van der Waals surface area contributed by atoms with E-state index in [-0.39, 0.29) is 40.6 Å². The average molecular weight is 413 g/mol. The number of esters is 1. The fourth-order valence-corrected chi connectivity index (χ4v) is 3.86. The van der Waals surface area contributed by atoms with E-state index < -0.39 is 11.4 Å². The third-order valence-electron chi connectivity index (χ3n) is 4.63. The van der Waals surface area contributed by atoms with Gasteiger partial charge in [-0.15, -0.1) is 6.58 Å². The Balaban J connectivity index is 2.35. The zero-order valence-corrected chi connectivity index (χ0v) is 16.9. The molecule has 0 fully saturated rings. The maximum atomic E-state index is 13.1. The van der Waals surface area contributed by atoms with Crippen LogP contribution in [0.25, 0.3) is 0 Å². The monoisotopic (exact) mass is 412 g/mol. The van der Waals surface area contributed by atoms with E-state index in [0.717, 1.165) is 0 Å². The van der Waals surface area contributed by atoms with Gasteiger partial charge < -0.3 is 14.3 Å². The van der Waals surface area contributed by atoms with E-state index in [9.17, 15) is 14.4 Å². The molecule has 0 saturated carbocycles. The van der Waals surface area contributed by atoms with Crippen LogP contribution in [-0.4, -0.2) is 30.7 Å². The fourth-order valence-electron chi connectivity index (χ4n) is 3.35. The minimum atomic E-state index is -0.761. The topological polar surface area (TPSA) is 69.7 Å². The number of hydrogen-bond acceptors (Lipinski definition) is 5. The molecule has 0 spiro atoms. The van der Waals surface area contributed by atoms with Crippen LogP contribution < -0.4 is 4.74 Å². The third kappa shape index (κ3) is 4.53.